The minimum atomic E-state index is -1.36. The highest BCUT2D eigenvalue weighted by Crippen LogP contribution is 2.01. The number of hydrogen-bond donors (Lipinski definition) is 4. The molecule has 0 bridgehead atoms. The van der Waals surface area contributed by atoms with E-state index in [9.17, 15) is 19.2 Å². The van der Waals surface area contributed by atoms with Crippen LogP contribution in [0, 0.1) is 0 Å². The summed E-state index contributed by atoms with van der Waals surface area (Å²) in [6.07, 6.45) is -1.48. The summed E-state index contributed by atoms with van der Waals surface area (Å²) in [5, 5.41) is 11.5. The molecule has 1 aromatic carbocycles. The molecule has 1 aromatic rings. The summed E-state index contributed by atoms with van der Waals surface area (Å²) in [5.41, 5.74) is 5.67. The van der Waals surface area contributed by atoms with E-state index in [0.29, 0.717) is 10.9 Å². The number of nitrogens with one attached hydrogen (secondary N) is 2. The van der Waals surface area contributed by atoms with Crippen LogP contribution in [0.25, 0.3) is 0 Å². The van der Waals surface area contributed by atoms with Gasteiger partial charge in [0.25, 0.3) is 0 Å². The van der Waals surface area contributed by atoms with Crippen molar-refractivity contribution in [1.82, 2.24) is 10.6 Å². The Labute approximate surface area is 146 Å². The van der Waals surface area contributed by atoms with Crippen molar-refractivity contribution in [3.63, 3.8) is 0 Å². The third-order valence-electron chi connectivity index (χ3n) is 3.18. The molecule has 25 heavy (non-hydrogen) atoms. The topological polar surface area (TPSA) is 148 Å². The van der Waals surface area contributed by atoms with Crippen LogP contribution in [0.3, 0.4) is 0 Å². The quantitative estimate of drug-likeness (QED) is 0.497. The molecular weight excluding hydrogens is 330 g/mol. The Bertz CT molecular complexity index is 655. The van der Waals surface area contributed by atoms with E-state index in [4.69, 9.17) is 17.0 Å². The molecule has 9 nitrogen and oxygen atoms in total. The number of primary amides is 1. The second kappa shape index (κ2) is 9.91. The van der Waals surface area contributed by atoms with Crippen molar-refractivity contribution in [2.45, 2.75) is 38.5 Å². The average Bonchev–Trinajstić information content (AvgIpc) is 2.62. The number of carbonyl (C=O) groups excluding carboxylic acids is 3. The predicted molar refractivity (Wildman–Crippen MR) is 87.2 cm³/mol. The number of carboxylic acid groups (broad SMARTS) is 1. The van der Waals surface area contributed by atoms with Crippen LogP contribution in [0.15, 0.2) is 30.3 Å². The van der Waals surface area contributed by atoms with E-state index in [1.54, 1.807) is 30.3 Å². The molecule has 0 heterocycles. The van der Waals surface area contributed by atoms with Gasteiger partial charge in [0.05, 0.1) is 0 Å². The third kappa shape index (κ3) is 7.82. The monoisotopic (exact) mass is 352 g/mol. The van der Waals surface area contributed by atoms with Crippen molar-refractivity contribution in [2.24, 2.45) is 5.73 Å². The molecule has 3 amide bonds. The summed E-state index contributed by atoms with van der Waals surface area (Å²) in [6.45, 7) is 1.18. The second-order valence-corrected chi connectivity index (χ2v) is 5.25. The van der Waals surface area contributed by atoms with E-state index in [0.717, 1.165) is 0 Å². The number of rotatable bonds is 9. The first-order valence-electron chi connectivity index (χ1n) is 7.97. The Morgan fingerprint density at radius 2 is 1.92 bits per heavy atom. The van der Waals surface area contributed by atoms with Crippen LogP contribution in [0.4, 0.5) is 4.79 Å². The van der Waals surface area contributed by atoms with Crippen molar-refractivity contribution < 1.29 is 30.4 Å². The number of alkyl carbamates (subject to hydrolysis) is 1. The Morgan fingerprint density at radius 3 is 2.48 bits per heavy atom. The van der Waals surface area contributed by atoms with Crippen LogP contribution in [0.2, 0.25) is 1.41 Å². The fraction of sp³-hybridized carbons (Fsp3) is 0.375. The molecular formula is C16H21N3O6. The summed E-state index contributed by atoms with van der Waals surface area (Å²) >= 11 is 0. The number of nitrogens with two attached hydrogens (primary N) is 1. The lowest BCUT2D eigenvalue weighted by molar-refractivity contribution is -0.142. The molecule has 0 unspecified atom stereocenters. The summed E-state index contributed by atoms with van der Waals surface area (Å²) < 4.78 is 12.6. The van der Waals surface area contributed by atoms with Gasteiger partial charge in [0, 0.05) is 6.42 Å². The molecule has 0 fully saturated rings. The zero-order valence-electron chi connectivity index (χ0n) is 14.7. The summed E-state index contributed by atoms with van der Waals surface area (Å²) in [7, 11) is 0. The van der Waals surface area contributed by atoms with E-state index < -0.39 is 36.0 Å². The van der Waals surface area contributed by atoms with Crippen LogP contribution in [0.5, 0.6) is 0 Å². The van der Waals surface area contributed by atoms with Gasteiger partial charge < -0.3 is 26.2 Å². The summed E-state index contributed by atoms with van der Waals surface area (Å²) in [6, 6.07) is 6.12. The average molecular weight is 352 g/mol. The molecule has 0 aromatic heterocycles. The van der Waals surface area contributed by atoms with Crippen LogP contribution in [-0.4, -0.2) is 41.1 Å². The van der Waals surface area contributed by atoms with Gasteiger partial charge in [-0.25, -0.2) is 9.59 Å². The highest BCUT2D eigenvalue weighted by Gasteiger charge is 2.24. The van der Waals surface area contributed by atoms with Gasteiger partial charge in [-0.3, -0.25) is 9.59 Å². The number of carbonyl (C=O) groups is 4. The normalized spacial score (nSPS) is 13.1. The van der Waals surface area contributed by atoms with Crippen LogP contribution in [0.1, 0.15) is 25.3 Å². The van der Waals surface area contributed by atoms with Crippen molar-refractivity contribution in [3.05, 3.63) is 35.9 Å². The lowest BCUT2D eigenvalue weighted by Crippen LogP contribution is -2.50. The standard InChI is InChI=1S/C16H21N3O6/c1-10(14(21)19-12(15(22)23)7-8-13(17)20)18-16(24)25-9-11-5-3-2-4-6-11/h2-6,10,12H,7-9H2,1H3,(H2,17,20)(H,18,24)(H,19,21)(H,22,23)/t10-,12-/m0/s1/i/hD. The highest BCUT2D eigenvalue weighted by molar-refractivity contribution is 5.89. The van der Waals surface area contributed by atoms with E-state index in [1.807, 2.05) is 0 Å². The molecule has 0 aliphatic carbocycles. The largest absolute Gasteiger partial charge is 0.480 e. The minimum absolute atomic E-state index is 0.0697. The minimum Gasteiger partial charge on any atom is -0.480 e. The van der Waals surface area contributed by atoms with E-state index in [-0.39, 0.29) is 19.4 Å². The van der Waals surface area contributed by atoms with Crippen molar-refractivity contribution in [1.29, 1.82) is 0 Å². The van der Waals surface area contributed by atoms with Crippen LogP contribution in [-0.2, 0) is 25.7 Å². The number of hydrogen-bond acceptors (Lipinski definition) is 5. The van der Waals surface area contributed by atoms with Crippen LogP contribution >= 0.6 is 0 Å². The molecule has 0 radical (unpaired) electrons. The number of benzene rings is 1. The van der Waals surface area contributed by atoms with Crippen molar-refractivity contribution in [2.75, 3.05) is 0 Å². The second-order valence-electron chi connectivity index (χ2n) is 5.25. The molecule has 5 N–H and O–H groups in total. The molecule has 0 spiro atoms. The third-order valence-corrected chi connectivity index (χ3v) is 3.18. The fourth-order valence-corrected chi connectivity index (χ4v) is 1.81. The van der Waals surface area contributed by atoms with Gasteiger partial charge in [-0.15, -0.1) is 0 Å². The first-order valence-corrected chi connectivity index (χ1v) is 7.52. The maximum absolute atomic E-state index is 12.1. The van der Waals surface area contributed by atoms with Crippen LogP contribution < -0.4 is 16.4 Å². The smallest absolute Gasteiger partial charge is 0.408 e. The Morgan fingerprint density at radius 1 is 1.28 bits per heavy atom. The summed E-state index contributed by atoms with van der Waals surface area (Å²) in [5.74, 6) is -2.92. The fourth-order valence-electron chi connectivity index (χ4n) is 1.81. The number of amides is 3. The van der Waals surface area contributed by atoms with Gasteiger partial charge in [0.1, 0.15) is 18.7 Å². The predicted octanol–water partition coefficient (Wildman–Crippen LogP) is 0.136. The number of aliphatic carboxylic acids is 1. The Kier molecular flexibility index (Phi) is 7.23. The molecule has 1 rings (SSSR count). The molecule has 2 atom stereocenters. The first-order chi connectivity index (χ1) is 12.2. The van der Waals surface area contributed by atoms with Gasteiger partial charge in [0.15, 0.2) is 1.41 Å². The molecule has 0 aliphatic rings. The lowest BCUT2D eigenvalue weighted by Gasteiger charge is -2.18. The zero-order valence-corrected chi connectivity index (χ0v) is 13.7. The maximum atomic E-state index is 12.1. The Hall–Kier alpha value is -3.10. The molecule has 0 aliphatic heterocycles. The SMILES string of the molecule is [2H]N(C(=O)OCc1ccccc1)[C@@H](C)C(=O)N[C@@H](CCC(N)=O)C(=O)O. The number of ether oxygens (including phenoxy) is 1. The van der Waals surface area contributed by atoms with E-state index in [1.165, 1.54) is 6.92 Å². The van der Waals surface area contributed by atoms with Gasteiger partial charge in [-0.1, -0.05) is 30.3 Å². The summed E-state index contributed by atoms with van der Waals surface area (Å²) in [4.78, 5) is 45.8. The van der Waals surface area contributed by atoms with E-state index in [2.05, 4.69) is 5.32 Å². The van der Waals surface area contributed by atoms with Gasteiger partial charge >= 0.3 is 12.1 Å². The highest BCUT2D eigenvalue weighted by atomic mass is 16.5. The molecule has 0 saturated carbocycles. The first kappa shape index (κ1) is 18.2. The zero-order chi connectivity index (χ0) is 19.7. The lowest BCUT2D eigenvalue weighted by atomic mass is 10.1. The van der Waals surface area contributed by atoms with Gasteiger partial charge in [-0.2, -0.15) is 0 Å². The maximum Gasteiger partial charge on any atom is 0.408 e. The van der Waals surface area contributed by atoms with E-state index >= 15 is 0 Å². The van der Waals surface area contributed by atoms with Crippen molar-refractivity contribution in [3.8, 4) is 0 Å². The molecule has 0 saturated heterocycles. The Balaban J connectivity index is 2.57. The van der Waals surface area contributed by atoms with Gasteiger partial charge in [0.2, 0.25) is 11.8 Å². The molecule has 9 heteroatoms. The number of carboxylic acids is 1. The van der Waals surface area contributed by atoms with Crippen molar-refractivity contribution >= 4 is 23.9 Å². The molecule has 136 valence electrons. The van der Waals surface area contributed by atoms with Gasteiger partial charge in [-0.05, 0) is 18.9 Å².